The number of aromatic hydroxyl groups is 6. The lowest BCUT2D eigenvalue weighted by Crippen LogP contribution is -2.46. The molecule has 15 heteroatoms. The van der Waals surface area contributed by atoms with Gasteiger partial charge in [0.2, 0.25) is 5.91 Å². The summed E-state index contributed by atoms with van der Waals surface area (Å²) < 4.78 is 0. The van der Waals surface area contributed by atoms with Gasteiger partial charge in [-0.15, -0.1) is 0 Å². The van der Waals surface area contributed by atoms with E-state index in [1.165, 1.54) is 27.8 Å². The maximum atomic E-state index is 11.0. The molecule has 6 aromatic rings. The molecule has 0 radical (unpaired) electrons. The smallest absolute Gasteiger partial charge is 0.218 e. The van der Waals surface area contributed by atoms with Gasteiger partial charge < -0.3 is 74.0 Å². The van der Waals surface area contributed by atoms with Gasteiger partial charge >= 0.3 is 0 Å². The zero-order valence-electron chi connectivity index (χ0n) is 43.5. The van der Waals surface area contributed by atoms with Crippen molar-refractivity contribution in [2.24, 2.45) is 11.5 Å². The molecule has 0 aliphatic carbocycles. The van der Waals surface area contributed by atoms with Gasteiger partial charge in [-0.25, -0.2) is 0 Å². The first-order valence-corrected chi connectivity index (χ1v) is 24.9. The van der Waals surface area contributed by atoms with E-state index in [1.54, 1.807) is 72.8 Å². The van der Waals surface area contributed by atoms with Gasteiger partial charge in [0.25, 0.3) is 0 Å². The fourth-order valence-electron chi connectivity index (χ4n) is 6.66. The third-order valence-corrected chi connectivity index (χ3v) is 10.9. The van der Waals surface area contributed by atoms with E-state index in [4.69, 9.17) is 31.9 Å². The van der Waals surface area contributed by atoms with E-state index in [1.807, 2.05) is 100 Å². The summed E-state index contributed by atoms with van der Waals surface area (Å²) in [6, 6.07) is 43.8. The van der Waals surface area contributed by atoms with Crippen molar-refractivity contribution in [3.05, 3.63) is 179 Å². The van der Waals surface area contributed by atoms with Gasteiger partial charge in [0.15, 0.2) is 0 Å². The largest absolute Gasteiger partial charge is 0.508 e. The molecular weight excluding hydrogens is 921 g/mol. The summed E-state index contributed by atoms with van der Waals surface area (Å²) in [6.45, 7) is 17.8. The van der Waals surface area contributed by atoms with Crippen molar-refractivity contribution >= 4 is 5.91 Å². The number of phenolic OH excluding ortho intramolecular Hbond substituents is 6. The quantitative estimate of drug-likeness (QED) is 0.0302. The van der Waals surface area contributed by atoms with Crippen molar-refractivity contribution in [1.82, 2.24) is 31.9 Å². The molecule has 73 heavy (non-hydrogen) atoms. The first-order valence-electron chi connectivity index (χ1n) is 24.9. The third kappa shape index (κ3) is 33.6. The highest BCUT2D eigenvalue weighted by atomic mass is 16.3. The van der Waals surface area contributed by atoms with Crippen LogP contribution in [-0.2, 0) is 17.6 Å². The number of amides is 1. The van der Waals surface area contributed by atoms with Crippen molar-refractivity contribution in [2.45, 2.75) is 72.0 Å². The molecule has 1 amide bonds. The molecule has 3 unspecified atom stereocenters. The first-order chi connectivity index (χ1) is 35.0. The third-order valence-electron chi connectivity index (χ3n) is 10.9. The van der Waals surface area contributed by atoms with Crippen LogP contribution >= 0.6 is 0 Å². The number of benzene rings is 6. The van der Waals surface area contributed by atoms with E-state index in [9.17, 15) is 15.0 Å². The molecular formula is C58H84N8O7. The Morgan fingerprint density at radius 1 is 0.411 bits per heavy atom. The van der Waals surface area contributed by atoms with Gasteiger partial charge in [-0.1, -0.05) is 95.1 Å². The molecule has 16 N–H and O–H groups in total. The number of primary amides is 1. The zero-order chi connectivity index (χ0) is 53.6. The minimum atomic E-state index is -0.308. The summed E-state index contributed by atoms with van der Waals surface area (Å²) in [5.41, 5.74) is 17.9. The number of nitrogens with two attached hydrogens (primary N) is 2. The van der Waals surface area contributed by atoms with Crippen LogP contribution in [0.1, 0.15) is 46.7 Å². The molecule has 0 aliphatic rings. The van der Waals surface area contributed by atoms with Crippen LogP contribution in [0, 0.1) is 27.7 Å². The molecule has 0 saturated heterocycles. The van der Waals surface area contributed by atoms with Gasteiger partial charge in [0.1, 0.15) is 34.5 Å². The topological polar surface area (TPSA) is 263 Å². The fraction of sp³-hybridized carbons (Fsp3) is 0.362. The summed E-state index contributed by atoms with van der Waals surface area (Å²) in [5.74, 6) is 1.55. The normalized spacial score (nSPS) is 11.6. The van der Waals surface area contributed by atoms with Crippen LogP contribution in [0.3, 0.4) is 0 Å². The average Bonchev–Trinajstić information content (AvgIpc) is 3.37. The monoisotopic (exact) mass is 1000 g/mol. The minimum absolute atomic E-state index is 0.188. The van der Waals surface area contributed by atoms with Crippen LogP contribution in [0.25, 0.3) is 0 Å². The summed E-state index contributed by atoms with van der Waals surface area (Å²) in [5, 5.41) is 75.1. The Bertz CT molecular complexity index is 2030. The number of carbonyl (C=O) groups excluding carboxylic acids is 1. The SMILES string of the molecule is CC(CNCCNC(CNCCC(N)=O)Cc1ccc(O)cc1)NCCNCC(Cc1ccc(O)cc1)NCCN.Cc1ccc(O)cc1.Cc1ccc(O)cc1.Cc1ccc(O)cc1.Cc1ccc(O)cc1. The van der Waals surface area contributed by atoms with E-state index < -0.39 is 0 Å². The lowest BCUT2D eigenvalue weighted by Gasteiger charge is -2.21. The second-order valence-corrected chi connectivity index (χ2v) is 17.9. The predicted octanol–water partition coefficient (Wildman–Crippen LogP) is 6.18. The van der Waals surface area contributed by atoms with Gasteiger partial charge in [0, 0.05) is 90.0 Å². The molecule has 3 atom stereocenters. The summed E-state index contributed by atoms with van der Waals surface area (Å²) in [7, 11) is 0. The van der Waals surface area contributed by atoms with E-state index in [2.05, 4.69) is 38.8 Å². The minimum Gasteiger partial charge on any atom is -0.508 e. The van der Waals surface area contributed by atoms with E-state index in [0.717, 1.165) is 70.8 Å². The van der Waals surface area contributed by atoms with Crippen molar-refractivity contribution in [2.75, 3.05) is 65.4 Å². The molecule has 0 heterocycles. The van der Waals surface area contributed by atoms with Crippen LogP contribution in [0.15, 0.2) is 146 Å². The van der Waals surface area contributed by atoms with Crippen LogP contribution in [-0.4, -0.2) is 120 Å². The summed E-state index contributed by atoms with van der Waals surface area (Å²) >= 11 is 0. The van der Waals surface area contributed by atoms with Crippen molar-refractivity contribution in [1.29, 1.82) is 0 Å². The number of phenols is 6. The van der Waals surface area contributed by atoms with Crippen molar-refractivity contribution in [3.63, 3.8) is 0 Å². The number of hydrogen-bond donors (Lipinski definition) is 14. The average molecular weight is 1010 g/mol. The van der Waals surface area contributed by atoms with Crippen LogP contribution in [0.5, 0.6) is 34.5 Å². The molecule has 6 rings (SSSR count). The second-order valence-electron chi connectivity index (χ2n) is 17.9. The summed E-state index contributed by atoms with van der Waals surface area (Å²) in [6.07, 6.45) is 2.00. The van der Waals surface area contributed by atoms with Gasteiger partial charge in [-0.05, 0) is 131 Å². The maximum Gasteiger partial charge on any atom is 0.218 e. The number of carbonyl (C=O) groups is 1. The van der Waals surface area contributed by atoms with E-state index in [-0.39, 0.29) is 29.5 Å². The van der Waals surface area contributed by atoms with Crippen LogP contribution < -0.4 is 43.4 Å². The number of hydrogen-bond acceptors (Lipinski definition) is 14. The Kier molecular flexibility index (Phi) is 32.5. The van der Waals surface area contributed by atoms with Crippen LogP contribution in [0.4, 0.5) is 0 Å². The second kappa shape index (κ2) is 38.0. The Balaban J connectivity index is 0.000000445. The Morgan fingerprint density at radius 2 is 0.699 bits per heavy atom. The zero-order valence-corrected chi connectivity index (χ0v) is 43.5. The van der Waals surface area contributed by atoms with Crippen LogP contribution in [0.2, 0.25) is 0 Å². The highest BCUT2D eigenvalue weighted by Gasteiger charge is 2.11. The van der Waals surface area contributed by atoms with E-state index in [0.29, 0.717) is 48.6 Å². The van der Waals surface area contributed by atoms with Crippen molar-refractivity contribution in [3.8, 4) is 34.5 Å². The Labute approximate surface area is 434 Å². The Morgan fingerprint density at radius 3 is 1.01 bits per heavy atom. The molecule has 0 saturated carbocycles. The molecule has 6 aromatic carbocycles. The standard InChI is InChI=1S/C30H52N8O3.4C7H8O/c1-23(36-16-14-35-22-26(37-13-11-31)18-24-2-6-28(39)7-3-24)20-34-15-17-38-27(21-33-12-10-30(32)41)19-25-4-8-29(40)9-5-25;4*1-6-2-4-7(8)5-3-6/h2-9,23,26-27,33-40H,10-22,31H2,1H3,(H2,32,41);4*2-5,8H,1H3. The molecule has 398 valence electrons. The molecule has 0 aromatic heterocycles. The highest BCUT2D eigenvalue weighted by molar-refractivity contribution is 5.73. The lowest BCUT2D eigenvalue weighted by molar-refractivity contribution is -0.117. The lowest BCUT2D eigenvalue weighted by atomic mass is 10.1. The van der Waals surface area contributed by atoms with Gasteiger partial charge in [0.05, 0.1) is 0 Å². The molecule has 15 nitrogen and oxygen atoms in total. The molecule has 0 fully saturated rings. The Hall–Kier alpha value is -6.69. The number of rotatable bonds is 24. The maximum absolute atomic E-state index is 11.0. The first kappa shape index (κ1) is 62.4. The number of nitrogens with one attached hydrogen (secondary N) is 6. The van der Waals surface area contributed by atoms with Gasteiger partial charge in [-0.3, -0.25) is 4.79 Å². The summed E-state index contributed by atoms with van der Waals surface area (Å²) in [4.78, 5) is 11.0. The van der Waals surface area contributed by atoms with Gasteiger partial charge in [-0.2, -0.15) is 0 Å². The van der Waals surface area contributed by atoms with E-state index >= 15 is 0 Å². The molecule has 0 bridgehead atoms. The molecule has 0 aliphatic heterocycles. The fourth-order valence-corrected chi connectivity index (χ4v) is 6.66. The number of aryl methyl sites for hydroxylation is 4. The van der Waals surface area contributed by atoms with Crippen molar-refractivity contribution < 1.29 is 35.4 Å². The highest BCUT2D eigenvalue weighted by Crippen LogP contribution is 2.13. The predicted molar refractivity (Wildman–Crippen MR) is 298 cm³/mol. The molecule has 0 spiro atoms.